The number of rotatable bonds is 5. The molecular formula is C10H21NO2. The molecule has 1 heterocycles. The van der Waals surface area contributed by atoms with Crippen LogP contribution >= 0.6 is 0 Å². The van der Waals surface area contributed by atoms with Crippen molar-refractivity contribution >= 4 is 0 Å². The van der Waals surface area contributed by atoms with Crippen LogP contribution < -0.4 is 0 Å². The molecule has 3 nitrogen and oxygen atoms in total. The molecule has 1 fully saturated rings. The van der Waals surface area contributed by atoms with E-state index < -0.39 is 0 Å². The van der Waals surface area contributed by atoms with E-state index in [4.69, 9.17) is 4.74 Å². The number of aliphatic hydroxyl groups excluding tert-OH is 1. The van der Waals surface area contributed by atoms with Crippen molar-refractivity contribution in [1.29, 1.82) is 0 Å². The molecule has 0 spiro atoms. The Bertz CT molecular complexity index is 141. The van der Waals surface area contributed by atoms with Gasteiger partial charge < -0.3 is 9.84 Å². The molecule has 2 atom stereocenters. The van der Waals surface area contributed by atoms with E-state index in [9.17, 15) is 5.11 Å². The topological polar surface area (TPSA) is 32.7 Å². The summed E-state index contributed by atoms with van der Waals surface area (Å²) >= 11 is 0. The van der Waals surface area contributed by atoms with Gasteiger partial charge in [-0.15, -0.1) is 0 Å². The summed E-state index contributed by atoms with van der Waals surface area (Å²) in [6, 6.07) is 0.579. The van der Waals surface area contributed by atoms with Crippen molar-refractivity contribution < 1.29 is 9.84 Å². The van der Waals surface area contributed by atoms with Crippen LogP contribution in [0.3, 0.4) is 0 Å². The summed E-state index contributed by atoms with van der Waals surface area (Å²) in [6.07, 6.45) is 3.22. The number of methoxy groups -OCH3 is 1. The normalized spacial score (nSPS) is 29.8. The maximum absolute atomic E-state index is 9.51. The fraction of sp³-hybridized carbons (Fsp3) is 1.00. The van der Waals surface area contributed by atoms with Gasteiger partial charge in [0.25, 0.3) is 0 Å². The summed E-state index contributed by atoms with van der Waals surface area (Å²) in [5.41, 5.74) is 0. The molecule has 0 radical (unpaired) electrons. The Morgan fingerprint density at radius 1 is 1.54 bits per heavy atom. The molecule has 78 valence electrons. The van der Waals surface area contributed by atoms with Crippen molar-refractivity contribution in [2.24, 2.45) is 0 Å². The highest BCUT2D eigenvalue weighted by molar-refractivity contribution is 4.84. The molecule has 1 N–H and O–H groups in total. The van der Waals surface area contributed by atoms with Crippen molar-refractivity contribution in [2.45, 2.75) is 38.3 Å². The summed E-state index contributed by atoms with van der Waals surface area (Å²) in [5.74, 6) is 0. The summed E-state index contributed by atoms with van der Waals surface area (Å²) < 4.78 is 5.04. The first-order valence-corrected chi connectivity index (χ1v) is 5.19. The second-order valence-corrected chi connectivity index (χ2v) is 3.82. The molecule has 0 saturated carbocycles. The molecule has 1 saturated heterocycles. The first-order chi connectivity index (χ1) is 6.27. The van der Waals surface area contributed by atoms with Crippen LogP contribution in [0, 0.1) is 0 Å². The molecule has 0 amide bonds. The van der Waals surface area contributed by atoms with E-state index in [-0.39, 0.29) is 6.10 Å². The molecule has 0 bridgehead atoms. The molecule has 0 aromatic rings. The maximum Gasteiger partial charge on any atom is 0.0682 e. The van der Waals surface area contributed by atoms with Gasteiger partial charge in [0.2, 0.25) is 0 Å². The van der Waals surface area contributed by atoms with Crippen LogP contribution in [-0.2, 0) is 4.74 Å². The van der Waals surface area contributed by atoms with Crippen LogP contribution in [0.4, 0.5) is 0 Å². The monoisotopic (exact) mass is 187 g/mol. The van der Waals surface area contributed by atoms with Crippen LogP contribution in [0.15, 0.2) is 0 Å². The second-order valence-electron chi connectivity index (χ2n) is 3.82. The van der Waals surface area contributed by atoms with Crippen LogP contribution in [0.2, 0.25) is 0 Å². The molecule has 3 heteroatoms. The second kappa shape index (κ2) is 5.58. The quantitative estimate of drug-likeness (QED) is 0.693. The van der Waals surface area contributed by atoms with Crippen molar-refractivity contribution in [3.63, 3.8) is 0 Å². The molecule has 1 aliphatic rings. The summed E-state index contributed by atoms with van der Waals surface area (Å²) in [6.45, 7) is 4.75. The number of likely N-dealkylation sites (tertiary alicyclic amines) is 1. The molecular weight excluding hydrogens is 166 g/mol. The lowest BCUT2D eigenvalue weighted by molar-refractivity contribution is 0.128. The predicted octanol–water partition coefficient (Wildman–Crippen LogP) is 0.868. The van der Waals surface area contributed by atoms with Gasteiger partial charge in [-0.3, -0.25) is 4.90 Å². The zero-order valence-electron chi connectivity index (χ0n) is 8.70. The SMILES string of the molecule is CCC[C@@H]1C[C@@H](O)CN1CCOC. The highest BCUT2D eigenvalue weighted by Gasteiger charge is 2.29. The number of β-amino-alcohol motifs (C(OH)–C–C–N with tert-alkyl or cyclic N) is 1. The molecule has 0 unspecified atom stereocenters. The Morgan fingerprint density at radius 2 is 2.31 bits per heavy atom. The fourth-order valence-electron chi connectivity index (χ4n) is 2.07. The van der Waals surface area contributed by atoms with E-state index in [0.717, 1.165) is 26.1 Å². The highest BCUT2D eigenvalue weighted by Crippen LogP contribution is 2.21. The van der Waals surface area contributed by atoms with E-state index >= 15 is 0 Å². The van der Waals surface area contributed by atoms with Crippen molar-refractivity contribution in [3.8, 4) is 0 Å². The molecule has 0 aliphatic carbocycles. The Labute approximate surface area is 80.7 Å². The van der Waals surface area contributed by atoms with Gasteiger partial charge in [-0.05, 0) is 12.8 Å². The Hall–Kier alpha value is -0.120. The van der Waals surface area contributed by atoms with Crippen molar-refractivity contribution in [3.05, 3.63) is 0 Å². The molecule has 1 rings (SSSR count). The number of hydrogen-bond acceptors (Lipinski definition) is 3. The lowest BCUT2D eigenvalue weighted by Crippen LogP contribution is -2.32. The first kappa shape index (κ1) is 11.0. The minimum Gasteiger partial charge on any atom is -0.392 e. The molecule has 0 aromatic heterocycles. The van der Waals surface area contributed by atoms with E-state index in [1.165, 1.54) is 12.8 Å². The van der Waals surface area contributed by atoms with E-state index in [2.05, 4.69) is 11.8 Å². The van der Waals surface area contributed by atoms with Gasteiger partial charge in [-0.2, -0.15) is 0 Å². The summed E-state index contributed by atoms with van der Waals surface area (Å²) in [4.78, 5) is 2.34. The van der Waals surface area contributed by atoms with E-state index in [1.54, 1.807) is 7.11 Å². The van der Waals surface area contributed by atoms with E-state index in [0.29, 0.717) is 6.04 Å². The minimum absolute atomic E-state index is 0.117. The smallest absolute Gasteiger partial charge is 0.0682 e. The average Bonchev–Trinajstić information content (AvgIpc) is 2.44. The lowest BCUT2D eigenvalue weighted by atomic mass is 10.1. The third-order valence-electron chi connectivity index (χ3n) is 2.71. The third kappa shape index (κ3) is 3.25. The highest BCUT2D eigenvalue weighted by atomic mass is 16.5. The standard InChI is InChI=1S/C10H21NO2/c1-3-4-9-7-10(12)8-11(9)5-6-13-2/h9-10,12H,3-8H2,1-2H3/t9-,10-/m1/s1. The Kier molecular flexibility index (Phi) is 4.70. The minimum atomic E-state index is -0.117. The van der Waals surface area contributed by atoms with Crippen LogP contribution in [-0.4, -0.2) is 49.0 Å². The van der Waals surface area contributed by atoms with Gasteiger partial charge >= 0.3 is 0 Å². The fourth-order valence-corrected chi connectivity index (χ4v) is 2.07. The largest absolute Gasteiger partial charge is 0.392 e. The van der Waals surface area contributed by atoms with Gasteiger partial charge in [0.1, 0.15) is 0 Å². The zero-order valence-corrected chi connectivity index (χ0v) is 8.70. The molecule has 0 aromatic carbocycles. The number of aliphatic hydroxyl groups is 1. The molecule has 13 heavy (non-hydrogen) atoms. The average molecular weight is 187 g/mol. The number of hydrogen-bond donors (Lipinski definition) is 1. The Morgan fingerprint density at radius 3 is 2.92 bits per heavy atom. The summed E-state index contributed by atoms with van der Waals surface area (Å²) in [5, 5.41) is 9.51. The van der Waals surface area contributed by atoms with Crippen molar-refractivity contribution in [2.75, 3.05) is 26.8 Å². The Balaban J connectivity index is 2.31. The van der Waals surface area contributed by atoms with Gasteiger partial charge in [0, 0.05) is 26.2 Å². The van der Waals surface area contributed by atoms with Crippen LogP contribution in [0.1, 0.15) is 26.2 Å². The van der Waals surface area contributed by atoms with Crippen molar-refractivity contribution in [1.82, 2.24) is 4.90 Å². The van der Waals surface area contributed by atoms with Gasteiger partial charge in [-0.25, -0.2) is 0 Å². The lowest BCUT2D eigenvalue weighted by Gasteiger charge is -2.22. The van der Waals surface area contributed by atoms with Crippen LogP contribution in [0.25, 0.3) is 0 Å². The van der Waals surface area contributed by atoms with Gasteiger partial charge in [0.05, 0.1) is 12.7 Å². The predicted molar refractivity (Wildman–Crippen MR) is 52.8 cm³/mol. The summed E-state index contributed by atoms with van der Waals surface area (Å²) in [7, 11) is 1.72. The third-order valence-corrected chi connectivity index (χ3v) is 2.71. The first-order valence-electron chi connectivity index (χ1n) is 5.19. The maximum atomic E-state index is 9.51. The molecule has 1 aliphatic heterocycles. The number of nitrogens with zero attached hydrogens (tertiary/aromatic N) is 1. The van der Waals surface area contributed by atoms with E-state index in [1.807, 2.05) is 0 Å². The van der Waals surface area contributed by atoms with Gasteiger partial charge in [0.15, 0.2) is 0 Å². The van der Waals surface area contributed by atoms with Gasteiger partial charge in [-0.1, -0.05) is 13.3 Å². The van der Waals surface area contributed by atoms with Crippen LogP contribution in [0.5, 0.6) is 0 Å². The zero-order chi connectivity index (χ0) is 9.68. The number of ether oxygens (including phenoxy) is 1.